The standard InChI is InChI=1S/C10H15N3O3/c1-16-7-3-5-11-9(14)8-13-6-2-4-12-10(13)15/h2,4,6H,3,5,7-8H2,1H3,(H,11,14). The van der Waals surface area contributed by atoms with Crippen LogP contribution in [0.2, 0.25) is 0 Å². The molecule has 1 heterocycles. The van der Waals surface area contributed by atoms with Crippen molar-refractivity contribution >= 4 is 5.91 Å². The van der Waals surface area contributed by atoms with Crippen LogP contribution in [-0.2, 0) is 16.1 Å². The Morgan fingerprint density at radius 1 is 1.62 bits per heavy atom. The number of nitrogens with zero attached hydrogens (tertiary/aromatic N) is 2. The quantitative estimate of drug-likeness (QED) is 0.656. The summed E-state index contributed by atoms with van der Waals surface area (Å²) in [6.45, 7) is 1.15. The van der Waals surface area contributed by atoms with Crippen molar-refractivity contribution in [1.82, 2.24) is 14.9 Å². The predicted molar refractivity (Wildman–Crippen MR) is 58.0 cm³/mol. The molecule has 88 valence electrons. The first-order chi connectivity index (χ1) is 7.74. The molecule has 0 fully saturated rings. The first-order valence-corrected chi connectivity index (χ1v) is 5.01. The predicted octanol–water partition coefficient (Wildman–Crippen LogP) is -0.604. The van der Waals surface area contributed by atoms with E-state index in [2.05, 4.69) is 10.3 Å². The zero-order valence-corrected chi connectivity index (χ0v) is 9.18. The van der Waals surface area contributed by atoms with Crippen LogP contribution in [0, 0.1) is 0 Å². The van der Waals surface area contributed by atoms with E-state index in [1.807, 2.05) is 0 Å². The molecule has 0 aliphatic rings. The highest BCUT2D eigenvalue weighted by Crippen LogP contribution is 1.82. The fourth-order valence-electron chi connectivity index (χ4n) is 1.16. The number of amides is 1. The largest absolute Gasteiger partial charge is 0.385 e. The number of carbonyl (C=O) groups is 1. The van der Waals surface area contributed by atoms with Gasteiger partial charge in [0.1, 0.15) is 6.54 Å². The molecule has 6 heteroatoms. The first kappa shape index (κ1) is 12.4. The molecule has 0 unspecified atom stereocenters. The third-order valence-electron chi connectivity index (χ3n) is 1.94. The molecule has 1 rings (SSSR count). The average Bonchev–Trinajstić information content (AvgIpc) is 2.28. The highest BCUT2D eigenvalue weighted by Gasteiger charge is 2.02. The van der Waals surface area contributed by atoms with E-state index in [4.69, 9.17) is 4.74 Å². The van der Waals surface area contributed by atoms with Gasteiger partial charge < -0.3 is 10.1 Å². The van der Waals surface area contributed by atoms with E-state index in [9.17, 15) is 9.59 Å². The Morgan fingerprint density at radius 3 is 3.12 bits per heavy atom. The monoisotopic (exact) mass is 225 g/mol. The minimum Gasteiger partial charge on any atom is -0.385 e. The molecule has 0 radical (unpaired) electrons. The van der Waals surface area contributed by atoms with Crippen molar-refractivity contribution in [3.63, 3.8) is 0 Å². The second-order valence-electron chi connectivity index (χ2n) is 3.23. The SMILES string of the molecule is COCCCNC(=O)Cn1cccnc1=O. The van der Waals surface area contributed by atoms with Crippen LogP contribution >= 0.6 is 0 Å². The van der Waals surface area contributed by atoms with Crippen LogP contribution in [0.1, 0.15) is 6.42 Å². The van der Waals surface area contributed by atoms with Crippen molar-refractivity contribution in [1.29, 1.82) is 0 Å². The summed E-state index contributed by atoms with van der Waals surface area (Å²) in [4.78, 5) is 26.1. The summed E-state index contributed by atoms with van der Waals surface area (Å²) in [7, 11) is 1.61. The van der Waals surface area contributed by atoms with E-state index >= 15 is 0 Å². The molecular formula is C10H15N3O3. The third-order valence-corrected chi connectivity index (χ3v) is 1.94. The molecule has 1 aromatic heterocycles. The summed E-state index contributed by atoms with van der Waals surface area (Å²) in [6, 6.07) is 1.61. The van der Waals surface area contributed by atoms with Gasteiger partial charge in [-0.05, 0) is 12.5 Å². The van der Waals surface area contributed by atoms with Crippen LogP contribution in [0.5, 0.6) is 0 Å². The van der Waals surface area contributed by atoms with Crippen LogP contribution < -0.4 is 11.0 Å². The maximum atomic E-state index is 11.4. The van der Waals surface area contributed by atoms with Gasteiger partial charge in [0, 0.05) is 32.7 Å². The van der Waals surface area contributed by atoms with Crippen molar-refractivity contribution in [3.8, 4) is 0 Å². The van der Waals surface area contributed by atoms with E-state index in [1.165, 1.54) is 17.0 Å². The van der Waals surface area contributed by atoms with Gasteiger partial charge in [0.15, 0.2) is 0 Å². The second-order valence-corrected chi connectivity index (χ2v) is 3.23. The Morgan fingerprint density at radius 2 is 2.44 bits per heavy atom. The van der Waals surface area contributed by atoms with Crippen molar-refractivity contribution in [3.05, 3.63) is 28.9 Å². The van der Waals surface area contributed by atoms with Crippen molar-refractivity contribution in [2.75, 3.05) is 20.3 Å². The smallest absolute Gasteiger partial charge is 0.347 e. The first-order valence-electron chi connectivity index (χ1n) is 5.01. The van der Waals surface area contributed by atoms with E-state index in [0.717, 1.165) is 6.42 Å². The molecule has 0 bridgehead atoms. The lowest BCUT2D eigenvalue weighted by Gasteiger charge is -2.05. The number of ether oxygens (including phenoxy) is 1. The average molecular weight is 225 g/mol. The Hall–Kier alpha value is -1.69. The van der Waals surface area contributed by atoms with Crippen LogP contribution in [0.3, 0.4) is 0 Å². The maximum absolute atomic E-state index is 11.4. The summed E-state index contributed by atoms with van der Waals surface area (Å²) >= 11 is 0. The molecule has 0 saturated carbocycles. The molecule has 6 nitrogen and oxygen atoms in total. The number of hydrogen-bond acceptors (Lipinski definition) is 4. The van der Waals surface area contributed by atoms with Crippen LogP contribution in [-0.4, -0.2) is 35.7 Å². The third kappa shape index (κ3) is 4.22. The molecule has 0 aliphatic carbocycles. The van der Waals surface area contributed by atoms with E-state index in [0.29, 0.717) is 13.2 Å². The Bertz CT molecular complexity index is 389. The number of methoxy groups -OCH3 is 1. The molecule has 0 spiro atoms. The molecular weight excluding hydrogens is 210 g/mol. The van der Waals surface area contributed by atoms with Gasteiger partial charge in [-0.1, -0.05) is 0 Å². The highest BCUT2D eigenvalue weighted by molar-refractivity contribution is 5.75. The molecule has 1 amide bonds. The topological polar surface area (TPSA) is 73.2 Å². The van der Waals surface area contributed by atoms with Crippen molar-refractivity contribution in [2.24, 2.45) is 0 Å². The zero-order chi connectivity index (χ0) is 11.8. The number of nitrogens with one attached hydrogen (secondary N) is 1. The molecule has 0 aliphatic heterocycles. The number of rotatable bonds is 6. The lowest BCUT2D eigenvalue weighted by atomic mass is 10.4. The van der Waals surface area contributed by atoms with Gasteiger partial charge in [0.2, 0.25) is 5.91 Å². The van der Waals surface area contributed by atoms with E-state index < -0.39 is 5.69 Å². The zero-order valence-electron chi connectivity index (χ0n) is 9.18. The Balaban J connectivity index is 2.35. The summed E-state index contributed by atoms with van der Waals surface area (Å²) in [5.41, 5.74) is -0.422. The fraction of sp³-hybridized carbons (Fsp3) is 0.500. The van der Waals surface area contributed by atoms with Gasteiger partial charge in [-0.2, -0.15) is 0 Å². The van der Waals surface area contributed by atoms with Gasteiger partial charge >= 0.3 is 5.69 Å². The second kappa shape index (κ2) is 6.73. The van der Waals surface area contributed by atoms with Gasteiger partial charge in [-0.3, -0.25) is 9.36 Å². The Labute approximate surface area is 93.3 Å². The lowest BCUT2D eigenvalue weighted by Crippen LogP contribution is -2.33. The summed E-state index contributed by atoms with van der Waals surface area (Å²) in [6.07, 6.45) is 3.68. The molecule has 1 aromatic rings. The normalized spacial score (nSPS) is 10.1. The number of carbonyl (C=O) groups excluding carboxylic acids is 1. The molecule has 0 saturated heterocycles. The minimum absolute atomic E-state index is 0.000342. The fourth-order valence-corrected chi connectivity index (χ4v) is 1.16. The molecule has 1 N–H and O–H groups in total. The lowest BCUT2D eigenvalue weighted by molar-refractivity contribution is -0.121. The van der Waals surface area contributed by atoms with Gasteiger partial charge in [-0.15, -0.1) is 0 Å². The molecule has 0 aromatic carbocycles. The Kier molecular flexibility index (Phi) is 5.21. The summed E-state index contributed by atoms with van der Waals surface area (Å²) in [5.74, 6) is -0.203. The highest BCUT2D eigenvalue weighted by atomic mass is 16.5. The summed E-state index contributed by atoms with van der Waals surface area (Å²) in [5, 5.41) is 2.69. The van der Waals surface area contributed by atoms with Gasteiger partial charge in [-0.25, -0.2) is 9.78 Å². The van der Waals surface area contributed by atoms with E-state index in [1.54, 1.807) is 13.2 Å². The minimum atomic E-state index is -0.422. The van der Waals surface area contributed by atoms with Crippen LogP contribution in [0.25, 0.3) is 0 Å². The van der Waals surface area contributed by atoms with Gasteiger partial charge in [0.05, 0.1) is 0 Å². The van der Waals surface area contributed by atoms with Crippen molar-refractivity contribution < 1.29 is 9.53 Å². The van der Waals surface area contributed by atoms with Crippen molar-refractivity contribution in [2.45, 2.75) is 13.0 Å². The van der Waals surface area contributed by atoms with Crippen LogP contribution in [0.15, 0.2) is 23.3 Å². The molecule has 16 heavy (non-hydrogen) atoms. The van der Waals surface area contributed by atoms with Crippen LogP contribution in [0.4, 0.5) is 0 Å². The maximum Gasteiger partial charge on any atom is 0.347 e. The number of hydrogen-bond donors (Lipinski definition) is 1. The molecule has 0 atom stereocenters. The van der Waals surface area contributed by atoms with E-state index in [-0.39, 0.29) is 12.5 Å². The summed E-state index contributed by atoms with van der Waals surface area (Å²) < 4.78 is 6.10. The number of aromatic nitrogens is 2. The van der Waals surface area contributed by atoms with Gasteiger partial charge in [0.25, 0.3) is 0 Å².